The zero-order chi connectivity index (χ0) is 14.6. The monoisotopic (exact) mass is 306 g/mol. The van der Waals surface area contributed by atoms with Gasteiger partial charge in [-0.3, -0.25) is 4.79 Å². The number of nitrogens with two attached hydrogens (primary N) is 1. The lowest BCUT2D eigenvalue weighted by atomic mass is 10.2. The topological polar surface area (TPSA) is 98.5 Å². The number of nitrogens with one attached hydrogen (secondary N) is 1. The van der Waals surface area contributed by atoms with Gasteiger partial charge >= 0.3 is 5.97 Å². The molecule has 0 radical (unpaired) electrons. The molecule has 8 heteroatoms. The van der Waals surface area contributed by atoms with Crippen molar-refractivity contribution in [3.63, 3.8) is 0 Å². The molecule has 0 unspecified atom stereocenters. The first-order valence-corrected chi connectivity index (χ1v) is 7.35. The van der Waals surface area contributed by atoms with Gasteiger partial charge in [-0.1, -0.05) is 11.6 Å². The predicted molar refractivity (Wildman–Crippen MR) is 72.4 cm³/mol. The number of hydrogen-bond acceptors (Lipinski definition) is 5. The van der Waals surface area contributed by atoms with Crippen molar-refractivity contribution >= 4 is 33.3 Å². The first-order chi connectivity index (χ1) is 8.77. The molecule has 0 saturated carbocycles. The molecule has 1 aromatic rings. The Morgan fingerprint density at radius 1 is 1.47 bits per heavy atom. The van der Waals surface area contributed by atoms with Crippen LogP contribution in [0.2, 0.25) is 5.02 Å². The third-order valence-corrected chi connectivity index (χ3v) is 4.19. The number of esters is 1. The van der Waals surface area contributed by atoms with Gasteiger partial charge in [0.15, 0.2) is 0 Å². The minimum atomic E-state index is -3.91. The molecule has 0 aliphatic heterocycles. The fourth-order valence-corrected chi connectivity index (χ4v) is 2.90. The van der Waals surface area contributed by atoms with Crippen molar-refractivity contribution in [1.82, 2.24) is 4.72 Å². The van der Waals surface area contributed by atoms with Crippen LogP contribution in [0.25, 0.3) is 0 Å². The maximum absolute atomic E-state index is 12.0. The average Bonchev–Trinajstić information content (AvgIpc) is 2.31. The summed E-state index contributed by atoms with van der Waals surface area (Å²) in [6.45, 7) is 3.06. The van der Waals surface area contributed by atoms with E-state index in [-0.39, 0.29) is 16.5 Å². The normalized spacial score (nSPS) is 11.3. The summed E-state index contributed by atoms with van der Waals surface area (Å²) < 4.78 is 30.7. The van der Waals surface area contributed by atoms with Crippen LogP contribution in [0.15, 0.2) is 17.0 Å². The summed E-state index contributed by atoms with van der Waals surface area (Å²) in [5.41, 5.74) is 6.63. The van der Waals surface area contributed by atoms with E-state index >= 15 is 0 Å². The number of benzene rings is 1. The van der Waals surface area contributed by atoms with E-state index < -0.39 is 22.5 Å². The first kappa shape index (κ1) is 15.7. The molecule has 0 spiro atoms. The number of halogens is 1. The number of carbonyl (C=O) groups excluding carboxylic acids is 1. The number of sulfonamides is 1. The minimum absolute atomic E-state index is 0.0445. The van der Waals surface area contributed by atoms with Crippen LogP contribution >= 0.6 is 11.6 Å². The number of carbonyl (C=O) groups is 1. The molecular formula is C11H15ClN2O4S. The Balaban J connectivity index is 2.95. The van der Waals surface area contributed by atoms with Gasteiger partial charge in [0.1, 0.15) is 11.4 Å². The van der Waals surface area contributed by atoms with Gasteiger partial charge in [0.05, 0.1) is 11.6 Å². The Morgan fingerprint density at radius 2 is 2.11 bits per heavy atom. The lowest BCUT2D eigenvalue weighted by molar-refractivity contribution is -0.141. The van der Waals surface area contributed by atoms with Gasteiger partial charge in [0, 0.05) is 5.69 Å². The third kappa shape index (κ3) is 4.09. The van der Waals surface area contributed by atoms with Gasteiger partial charge in [0.25, 0.3) is 0 Å². The Hall–Kier alpha value is -1.31. The maximum Gasteiger partial charge on any atom is 0.321 e. The average molecular weight is 307 g/mol. The SMILES string of the molecule is CCOC(=O)CNS(=O)(=O)c1cc(N)c(C)cc1Cl. The molecule has 0 aliphatic carbocycles. The molecule has 0 saturated heterocycles. The summed E-state index contributed by atoms with van der Waals surface area (Å²) in [5, 5.41) is 0.0445. The molecule has 0 bridgehead atoms. The van der Waals surface area contributed by atoms with E-state index in [1.165, 1.54) is 12.1 Å². The minimum Gasteiger partial charge on any atom is -0.465 e. The highest BCUT2D eigenvalue weighted by Crippen LogP contribution is 2.26. The number of nitrogen functional groups attached to an aromatic ring is 1. The van der Waals surface area contributed by atoms with Gasteiger partial charge in [-0.2, -0.15) is 4.72 Å². The van der Waals surface area contributed by atoms with Crippen LogP contribution in [0.3, 0.4) is 0 Å². The van der Waals surface area contributed by atoms with E-state index in [4.69, 9.17) is 17.3 Å². The number of aryl methyl sites for hydroxylation is 1. The van der Waals surface area contributed by atoms with Crippen molar-refractivity contribution < 1.29 is 17.9 Å². The predicted octanol–water partition coefficient (Wildman–Crippen LogP) is 1.07. The zero-order valence-electron chi connectivity index (χ0n) is 10.6. The van der Waals surface area contributed by atoms with Crippen molar-refractivity contribution in [2.45, 2.75) is 18.7 Å². The van der Waals surface area contributed by atoms with E-state index in [1.54, 1.807) is 13.8 Å². The van der Waals surface area contributed by atoms with Crippen LogP contribution in [-0.4, -0.2) is 27.5 Å². The second kappa shape index (κ2) is 6.23. The zero-order valence-corrected chi connectivity index (χ0v) is 12.1. The Labute approximate surface area is 116 Å². The van der Waals surface area contributed by atoms with Gasteiger partial charge in [-0.05, 0) is 31.5 Å². The molecule has 0 fully saturated rings. The standard InChI is InChI=1S/C11H15ClN2O4S/c1-3-18-11(15)6-14-19(16,17)10-5-9(13)7(2)4-8(10)12/h4-5,14H,3,6,13H2,1-2H3. The molecule has 0 atom stereocenters. The molecule has 19 heavy (non-hydrogen) atoms. The van der Waals surface area contributed by atoms with Crippen molar-refractivity contribution in [2.24, 2.45) is 0 Å². The van der Waals surface area contributed by atoms with Gasteiger partial charge in [0.2, 0.25) is 10.0 Å². The number of rotatable bonds is 5. The van der Waals surface area contributed by atoms with Crippen LogP contribution < -0.4 is 10.5 Å². The molecular weight excluding hydrogens is 292 g/mol. The van der Waals surface area contributed by atoms with Crippen molar-refractivity contribution in [3.8, 4) is 0 Å². The third-order valence-electron chi connectivity index (χ3n) is 2.32. The van der Waals surface area contributed by atoms with Crippen molar-refractivity contribution in [3.05, 3.63) is 22.7 Å². The summed E-state index contributed by atoms with van der Waals surface area (Å²) in [5.74, 6) is -0.665. The fraction of sp³-hybridized carbons (Fsp3) is 0.364. The van der Waals surface area contributed by atoms with Crippen LogP contribution in [-0.2, 0) is 19.6 Å². The fourth-order valence-electron chi connectivity index (χ4n) is 1.32. The second-order valence-electron chi connectivity index (χ2n) is 3.77. The quantitative estimate of drug-likeness (QED) is 0.626. The molecule has 1 rings (SSSR count). The van der Waals surface area contributed by atoms with Gasteiger partial charge in [-0.25, -0.2) is 8.42 Å². The summed E-state index contributed by atoms with van der Waals surface area (Å²) in [6.07, 6.45) is 0. The lowest BCUT2D eigenvalue weighted by Crippen LogP contribution is -2.31. The molecule has 3 N–H and O–H groups in total. The molecule has 0 aliphatic rings. The summed E-state index contributed by atoms with van der Waals surface area (Å²) in [6, 6.07) is 2.71. The van der Waals surface area contributed by atoms with E-state index in [2.05, 4.69) is 9.46 Å². The van der Waals surface area contributed by atoms with Crippen molar-refractivity contribution in [2.75, 3.05) is 18.9 Å². The maximum atomic E-state index is 12.0. The molecule has 0 aromatic heterocycles. The number of hydrogen-bond donors (Lipinski definition) is 2. The Kier molecular flexibility index (Phi) is 5.16. The highest BCUT2D eigenvalue weighted by Gasteiger charge is 2.20. The summed E-state index contributed by atoms with van der Waals surface area (Å²) in [4.78, 5) is 11.0. The van der Waals surface area contributed by atoms with E-state index in [1.807, 2.05) is 0 Å². The molecule has 106 valence electrons. The van der Waals surface area contributed by atoms with E-state index in [0.29, 0.717) is 11.3 Å². The van der Waals surface area contributed by atoms with Crippen molar-refractivity contribution in [1.29, 1.82) is 0 Å². The second-order valence-corrected chi connectivity index (χ2v) is 5.91. The summed E-state index contributed by atoms with van der Waals surface area (Å²) in [7, 11) is -3.91. The van der Waals surface area contributed by atoms with Crippen LogP contribution in [0, 0.1) is 6.92 Å². The van der Waals surface area contributed by atoms with Gasteiger partial charge in [-0.15, -0.1) is 0 Å². The lowest BCUT2D eigenvalue weighted by Gasteiger charge is -2.10. The molecule has 0 heterocycles. The highest BCUT2D eigenvalue weighted by molar-refractivity contribution is 7.89. The van der Waals surface area contributed by atoms with E-state index in [0.717, 1.165) is 0 Å². The molecule has 0 amide bonds. The molecule has 1 aromatic carbocycles. The van der Waals surface area contributed by atoms with Crippen LogP contribution in [0.4, 0.5) is 5.69 Å². The first-order valence-electron chi connectivity index (χ1n) is 5.49. The van der Waals surface area contributed by atoms with Crippen LogP contribution in [0.5, 0.6) is 0 Å². The number of anilines is 1. The Bertz CT molecular complexity index is 587. The Morgan fingerprint density at radius 3 is 2.68 bits per heavy atom. The van der Waals surface area contributed by atoms with Crippen LogP contribution in [0.1, 0.15) is 12.5 Å². The van der Waals surface area contributed by atoms with E-state index in [9.17, 15) is 13.2 Å². The highest BCUT2D eigenvalue weighted by atomic mass is 35.5. The smallest absolute Gasteiger partial charge is 0.321 e. The number of ether oxygens (including phenoxy) is 1. The largest absolute Gasteiger partial charge is 0.465 e. The summed E-state index contributed by atoms with van der Waals surface area (Å²) >= 11 is 5.87. The molecule has 6 nitrogen and oxygen atoms in total. The van der Waals surface area contributed by atoms with Gasteiger partial charge < -0.3 is 10.5 Å².